The van der Waals surface area contributed by atoms with Gasteiger partial charge >= 0.3 is 0 Å². The Kier molecular flexibility index (Phi) is 8.49. The van der Waals surface area contributed by atoms with Gasteiger partial charge in [-0.1, -0.05) is 57.4 Å². The molecule has 0 fully saturated rings. The lowest BCUT2D eigenvalue weighted by Crippen LogP contribution is -2.32. The van der Waals surface area contributed by atoms with E-state index in [1.807, 2.05) is 31.2 Å². The average Bonchev–Trinajstić information content (AvgIpc) is 2.53. The van der Waals surface area contributed by atoms with Crippen molar-refractivity contribution in [3.63, 3.8) is 0 Å². The maximum Gasteiger partial charge on any atom is 0.220 e. The lowest BCUT2D eigenvalue weighted by molar-refractivity contribution is -0.121. The van der Waals surface area contributed by atoms with Crippen molar-refractivity contribution in [1.82, 2.24) is 5.32 Å². The fourth-order valence-electron chi connectivity index (χ4n) is 2.42. The Hall–Kier alpha value is -1.64. The molecular weight excluding hydrogens is 274 g/mol. The van der Waals surface area contributed by atoms with Gasteiger partial charge in [-0.05, 0) is 25.3 Å². The SMILES string of the molecule is CCCCCC(C)NC(=O)CCC(=O)c1ccc(CC)cc1. The smallest absolute Gasteiger partial charge is 0.220 e. The highest BCUT2D eigenvalue weighted by Gasteiger charge is 2.11. The largest absolute Gasteiger partial charge is 0.354 e. The number of unbranched alkanes of at least 4 members (excludes halogenated alkanes) is 2. The summed E-state index contributed by atoms with van der Waals surface area (Å²) in [7, 11) is 0. The third-order valence-corrected chi connectivity index (χ3v) is 3.91. The first kappa shape index (κ1) is 18.4. The van der Waals surface area contributed by atoms with Crippen molar-refractivity contribution in [2.24, 2.45) is 0 Å². The Morgan fingerprint density at radius 2 is 1.73 bits per heavy atom. The lowest BCUT2D eigenvalue weighted by Gasteiger charge is -2.13. The van der Waals surface area contributed by atoms with Crippen LogP contribution in [0.1, 0.15) is 75.2 Å². The van der Waals surface area contributed by atoms with E-state index in [1.54, 1.807) is 0 Å². The van der Waals surface area contributed by atoms with Crippen LogP contribution < -0.4 is 5.32 Å². The second kappa shape index (κ2) is 10.1. The van der Waals surface area contributed by atoms with Crippen molar-refractivity contribution in [1.29, 1.82) is 0 Å². The van der Waals surface area contributed by atoms with E-state index in [1.165, 1.54) is 18.4 Å². The first-order valence-electron chi connectivity index (χ1n) is 8.48. The third-order valence-electron chi connectivity index (χ3n) is 3.91. The van der Waals surface area contributed by atoms with Crippen molar-refractivity contribution < 1.29 is 9.59 Å². The molecule has 1 atom stereocenters. The number of carbonyl (C=O) groups excluding carboxylic acids is 2. The number of ketones is 1. The summed E-state index contributed by atoms with van der Waals surface area (Å²) in [5.74, 6) is 0.0129. The Bertz CT molecular complexity index is 465. The van der Waals surface area contributed by atoms with Gasteiger partial charge in [0.05, 0.1) is 0 Å². The number of carbonyl (C=O) groups is 2. The minimum atomic E-state index is -0.0254. The third kappa shape index (κ3) is 6.88. The van der Waals surface area contributed by atoms with Crippen molar-refractivity contribution in [2.45, 2.75) is 71.8 Å². The van der Waals surface area contributed by atoms with Gasteiger partial charge in [0.1, 0.15) is 0 Å². The van der Waals surface area contributed by atoms with Crippen LogP contribution in [0.25, 0.3) is 0 Å². The van der Waals surface area contributed by atoms with Gasteiger partial charge in [0.15, 0.2) is 5.78 Å². The molecule has 1 rings (SSSR count). The van der Waals surface area contributed by atoms with Crippen LogP contribution in [-0.2, 0) is 11.2 Å². The number of rotatable bonds is 10. The minimum Gasteiger partial charge on any atom is -0.354 e. The van der Waals surface area contributed by atoms with Crippen LogP contribution in [0.2, 0.25) is 0 Å². The number of nitrogens with one attached hydrogen (secondary N) is 1. The molecule has 0 saturated carbocycles. The summed E-state index contributed by atoms with van der Waals surface area (Å²) < 4.78 is 0. The molecule has 0 aromatic heterocycles. The van der Waals surface area contributed by atoms with Crippen LogP contribution in [0, 0.1) is 0 Å². The van der Waals surface area contributed by atoms with Crippen LogP contribution >= 0.6 is 0 Å². The quantitative estimate of drug-likeness (QED) is 0.517. The van der Waals surface area contributed by atoms with Crippen LogP contribution in [0.5, 0.6) is 0 Å². The van der Waals surface area contributed by atoms with Crippen molar-refractivity contribution in [3.05, 3.63) is 35.4 Å². The molecule has 0 aliphatic carbocycles. The molecule has 0 aliphatic heterocycles. The molecule has 1 amide bonds. The van der Waals surface area contributed by atoms with Gasteiger partial charge < -0.3 is 5.32 Å². The second-order valence-corrected chi connectivity index (χ2v) is 5.94. The Morgan fingerprint density at radius 1 is 1.05 bits per heavy atom. The summed E-state index contributed by atoms with van der Waals surface area (Å²) in [6.45, 7) is 6.28. The standard InChI is InChI=1S/C19H29NO2/c1-4-6-7-8-15(3)20-19(22)14-13-18(21)17-11-9-16(5-2)10-12-17/h9-12,15H,4-8,13-14H2,1-3H3,(H,20,22). The fourth-order valence-corrected chi connectivity index (χ4v) is 2.42. The zero-order chi connectivity index (χ0) is 16.4. The van der Waals surface area contributed by atoms with E-state index < -0.39 is 0 Å². The first-order valence-corrected chi connectivity index (χ1v) is 8.48. The Labute approximate surface area is 134 Å². The highest BCUT2D eigenvalue weighted by atomic mass is 16.2. The molecule has 0 aliphatic rings. The van der Waals surface area contributed by atoms with Crippen LogP contribution in [0.15, 0.2) is 24.3 Å². The molecule has 3 heteroatoms. The number of hydrogen-bond acceptors (Lipinski definition) is 2. The van der Waals surface area contributed by atoms with E-state index in [0.717, 1.165) is 19.3 Å². The molecule has 122 valence electrons. The van der Waals surface area contributed by atoms with Crippen LogP contribution in [0.3, 0.4) is 0 Å². The molecule has 1 N–H and O–H groups in total. The molecule has 3 nitrogen and oxygen atoms in total. The Morgan fingerprint density at radius 3 is 2.32 bits per heavy atom. The van der Waals surface area contributed by atoms with Crippen molar-refractivity contribution in [2.75, 3.05) is 0 Å². The van der Waals surface area contributed by atoms with E-state index >= 15 is 0 Å². The summed E-state index contributed by atoms with van der Waals surface area (Å²) >= 11 is 0. The molecule has 22 heavy (non-hydrogen) atoms. The first-order chi connectivity index (χ1) is 10.6. The molecule has 0 bridgehead atoms. The lowest BCUT2D eigenvalue weighted by atomic mass is 10.0. The molecular formula is C19H29NO2. The van der Waals surface area contributed by atoms with Crippen LogP contribution in [0.4, 0.5) is 0 Å². The summed E-state index contributed by atoms with van der Waals surface area (Å²) in [6, 6.07) is 7.85. The average molecular weight is 303 g/mol. The van der Waals surface area contributed by atoms with E-state index in [-0.39, 0.29) is 30.6 Å². The van der Waals surface area contributed by atoms with Crippen molar-refractivity contribution in [3.8, 4) is 0 Å². The number of Topliss-reactive ketones (excluding diaryl/α,β-unsaturated/α-hetero) is 1. The summed E-state index contributed by atoms with van der Waals surface area (Å²) in [6.07, 6.45) is 6.05. The molecule has 0 heterocycles. The van der Waals surface area contributed by atoms with Gasteiger partial charge in [-0.2, -0.15) is 0 Å². The normalized spacial score (nSPS) is 12.0. The topological polar surface area (TPSA) is 46.2 Å². The predicted molar refractivity (Wildman–Crippen MR) is 91.1 cm³/mol. The molecule has 1 unspecified atom stereocenters. The maximum atomic E-state index is 12.1. The van der Waals surface area contributed by atoms with Gasteiger partial charge in [0.2, 0.25) is 5.91 Å². The molecule has 0 saturated heterocycles. The molecule has 0 spiro atoms. The summed E-state index contributed by atoms with van der Waals surface area (Å²) in [4.78, 5) is 23.9. The van der Waals surface area contributed by atoms with Gasteiger partial charge in [0, 0.05) is 24.4 Å². The van der Waals surface area contributed by atoms with Crippen LogP contribution in [-0.4, -0.2) is 17.7 Å². The number of aryl methyl sites for hydroxylation is 1. The zero-order valence-electron chi connectivity index (χ0n) is 14.2. The number of amides is 1. The molecule has 0 radical (unpaired) electrons. The molecule has 1 aromatic carbocycles. The highest BCUT2D eigenvalue weighted by Crippen LogP contribution is 2.09. The zero-order valence-corrected chi connectivity index (χ0v) is 14.2. The van der Waals surface area contributed by atoms with E-state index in [9.17, 15) is 9.59 Å². The van der Waals surface area contributed by atoms with Gasteiger partial charge in [0.25, 0.3) is 0 Å². The monoisotopic (exact) mass is 303 g/mol. The predicted octanol–water partition coefficient (Wildman–Crippen LogP) is 4.30. The fraction of sp³-hybridized carbons (Fsp3) is 0.579. The highest BCUT2D eigenvalue weighted by molar-refractivity contribution is 5.97. The van der Waals surface area contributed by atoms with Gasteiger partial charge in [-0.3, -0.25) is 9.59 Å². The number of benzene rings is 1. The summed E-state index contributed by atoms with van der Waals surface area (Å²) in [5.41, 5.74) is 1.91. The minimum absolute atomic E-state index is 0.0254. The number of hydrogen-bond donors (Lipinski definition) is 1. The maximum absolute atomic E-state index is 12.1. The molecule has 1 aromatic rings. The second-order valence-electron chi connectivity index (χ2n) is 5.94. The van der Waals surface area contributed by atoms with Gasteiger partial charge in [-0.25, -0.2) is 0 Å². The summed E-state index contributed by atoms with van der Waals surface area (Å²) in [5, 5.41) is 2.97. The Balaban J connectivity index is 2.31. The van der Waals surface area contributed by atoms with Gasteiger partial charge in [-0.15, -0.1) is 0 Å². The van der Waals surface area contributed by atoms with E-state index in [2.05, 4.69) is 19.2 Å². The van der Waals surface area contributed by atoms with Crippen molar-refractivity contribution >= 4 is 11.7 Å². The van der Waals surface area contributed by atoms with E-state index in [0.29, 0.717) is 5.56 Å². The van der Waals surface area contributed by atoms with E-state index in [4.69, 9.17) is 0 Å².